The second kappa shape index (κ2) is 8.83. The third-order valence-electron chi connectivity index (χ3n) is 5.81. The first-order valence-corrected chi connectivity index (χ1v) is 11.5. The van der Waals surface area contributed by atoms with Crippen molar-refractivity contribution < 1.29 is 13.5 Å². The van der Waals surface area contributed by atoms with E-state index in [0.717, 1.165) is 44.3 Å². The number of sulfonamides is 1. The van der Waals surface area contributed by atoms with Crippen LogP contribution in [0.5, 0.6) is 0 Å². The van der Waals surface area contributed by atoms with Crippen LogP contribution in [0.25, 0.3) is 0 Å². The molecule has 0 unspecified atom stereocenters. The Bertz CT molecular complexity index is 657. The van der Waals surface area contributed by atoms with E-state index in [-0.39, 0.29) is 6.04 Å². The lowest BCUT2D eigenvalue weighted by Crippen LogP contribution is -2.39. The van der Waals surface area contributed by atoms with Gasteiger partial charge in [0, 0.05) is 6.04 Å². The Labute approximate surface area is 157 Å². The Morgan fingerprint density at radius 3 is 2.04 bits per heavy atom. The Balaban J connectivity index is 1.68. The molecule has 1 aromatic carbocycles. The normalized spacial score (nSPS) is 23.0. The van der Waals surface area contributed by atoms with Crippen LogP contribution in [0.2, 0.25) is 0 Å². The van der Waals surface area contributed by atoms with Crippen molar-refractivity contribution >= 4 is 10.0 Å². The molecule has 26 heavy (non-hydrogen) atoms. The van der Waals surface area contributed by atoms with Crippen LogP contribution >= 0.6 is 0 Å². The van der Waals surface area contributed by atoms with Crippen LogP contribution in [0, 0.1) is 0 Å². The predicted octanol–water partition coefficient (Wildman–Crippen LogP) is 3.04. The minimum absolute atomic E-state index is 0.0337. The number of hydrogen-bond acceptors (Lipinski definition) is 4. The second-order valence-electron chi connectivity index (χ2n) is 7.82. The first kappa shape index (κ1) is 19.8. The highest BCUT2D eigenvalue weighted by molar-refractivity contribution is 7.89. The average Bonchev–Trinajstić information content (AvgIpc) is 2.76. The zero-order chi connectivity index (χ0) is 18.5. The van der Waals surface area contributed by atoms with Crippen molar-refractivity contribution in [3.63, 3.8) is 0 Å². The smallest absolute Gasteiger partial charge is 0.240 e. The summed E-state index contributed by atoms with van der Waals surface area (Å²) in [4.78, 5) is 0.290. The van der Waals surface area contributed by atoms with Gasteiger partial charge in [0.1, 0.15) is 0 Å². The number of hydrogen-bond donors (Lipinski definition) is 3. The van der Waals surface area contributed by atoms with Crippen molar-refractivity contribution in [2.45, 2.75) is 80.7 Å². The maximum Gasteiger partial charge on any atom is 0.240 e. The summed E-state index contributed by atoms with van der Waals surface area (Å²) in [6, 6.07) is 6.83. The highest BCUT2D eigenvalue weighted by atomic mass is 32.2. The van der Waals surface area contributed by atoms with E-state index in [1.807, 2.05) is 0 Å². The van der Waals surface area contributed by atoms with E-state index in [9.17, 15) is 13.5 Å². The third-order valence-corrected chi connectivity index (χ3v) is 7.35. The molecule has 2 fully saturated rings. The fourth-order valence-corrected chi connectivity index (χ4v) is 5.42. The molecule has 0 amide bonds. The van der Waals surface area contributed by atoms with Gasteiger partial charge in [-0.1, -0.05) is 50.7 Å². The third kappa shape index (κ3) is 5.06. The van der Waals surface area contributed by atoms with Gasteiger partial charge in [0.25, 0.3) is 0 Å². The Morgan fingerprint density at radius 2 is 1.46 bits per heavy atom. The summed E-state index contributed by atoms with van der Waals surface area (Å²) in [6.45, 7) is 1.56. The van der Waals surface area contributed by atoms with Gasteiger partial charge >= 0.3 is 0 Å². The van der Waals surface area contributed by atoms with Gasteiger partial charge in [-0.05, 0) is 56.5 Å². The quantitative estimate of drug-likeness (QED) is 0.750. The Hall–Kier alpha value is -0.950. The van der Waals surface area contributed by atoms with Gasteiger partial charge in [-0.3, -0.25) is 0 Å². The molecule has 1 saturated heterocycles. The lowest BCUT2D eigenvalue weighted by Gasteiger charge is -2.33. The van der Waals surface area contributed by atoms with Gasteiger partial charge in [0.2, 0.25) is 10.0 Å². The summed E-state index contributed by atoms with van der Waals surface area (Å²) in [7, 11) is -3.51. The molecular weight excluding hydrogens is 348 g/mol. The van der Waals surface area contributed by atoms with Crippen molar-refractivity contribution in [3.8, 4) is 0 Å². The van der Waals surface area contributed by atoms with Crippen LogP contribution in [0.4, 0.5) is 0 Å². The monoisotopic (exact) mass is 380 g/mol. The number of piperidine rings is 1. The van der Waals surface area contributed by atoms with E-state index in [1.165, 1.54) is 25.7 Å². The molecule has 0 radical (unpaired) electrons. The van der Waals surface area contributed by atoms with Gasteiger partial charge in [0.15, 0.2) is 0 Å². The number of nitrogens with one attached hydrogen (secondary N) is 2. The maximum atomic E-state index is 12.8. The lowest BCUT2D eigenvalue weighted by atomic mass is 9.85. The molecule has 0 aromatic heterocycles. The largest absolute Gasteiger partial charge is 0.385 e. The molecule has 3 rings (SSSR count). The summed E-state index contributed by atoms with van der Waals surface area (Å²) in [6.07, 6.45) is 10.2. The molecule has 1 aliphatic heterocycles. The van der Waals surface area contributed by atoms with Crippen molar-refractivity contribution in [2.75, 3.05) is 13.1 Å². The Morgan fingerprint density at radius 1 is 0.923 bits per heavy atom. The van der Waals surface area contributed by atoms with E-state index >= 15 is 0 Å². The first-order chi connectivity index (χ1) is 12.5. The van der Waals surface area contributed by atoms with Crippen molar-refractivity contribution in [1.29, 1.82) is 0 Å². The van der Waals surface area contributed by atoms with E-state index < -0.39 is 15.6 Å². The van der Waals surface area contributed by atoms with Crippen LogP contribution in [0.3, 0.4) is 0 Å². The zero-order valence-corrected chi connectivity index (χ0v) is 16.4. The molecule has 0 atom stereocenters. The molecule has 6 heteroatoms. The predicted molar refractivity (Wildman–Crippen MR) is 103 cm³/mol. The molecule has 1 heterocycles. The topological polar surface area (TPSA) is 78.4 Å². The van der Waals surface area contributed by atoms with E-state index in [2.05, 4.69) is 10.0 Å². The fraction of sp³-hybridized carbons (Fsp3) is 0.700. The Kier molecular flexibility index (Phi) is 6.72. The number of aliphatic hydroxyl groups is 1. The first-order valence-electron chi connectivity index (χ1n) is 10.1. The van der Waals surface area contributed by atoms with E-state index in [4.69, 9.17) is 0 Å². The van der Waals surface area contributed by atoms with Crippen molar-refractivity contribution in [3.05, 3.63) is 29.8 Å². The molecule has 1 aromatic rings. The van der Waals surface area contributed by atoms with Crippen molar-refractivity contribution in [2.24, 2.45) is 0 Å². The highest BCUT2D eigenvalue weighted by Crippen LogP contribution is 2.31. The molecule has 0 spiro atoms. The molecule has 3 N–H and O–H groups in total. The molecule has 1 saturated carbocycles. The number of rotatable bonds is 4. The molecule has 2 aliphatic rings. The highest BCUT2D eigenvalue weighted by Gasteiger charge is 2.31. The summed E-state index contributed by atoms with van der Waals surface area (Å²) in [5.74, 6) is 0. The van der Waals surface area contributed by atoms with Gasteiger partial charge in [-0.2, -0.15) is 0 Å². The maximum absolute atomic E-state index is 12.8. The summed E-state index contributed by atoms with van der Waals surface area (Å²) in [5, 5.41) is 14.0. The van der Waals surface area contributed by atoms with Gasteiger partial charge in [-0.25, -0.2) is 13.1 Å². The van der Waals surface area contributed by atoms with Crippen LogP contribution < -0.4 is 10.0 Å². The van der Waals surface area contributed by atoms with Crippen LogP contribution in [-0.2, 0) is 15.6 Å². The van der Waals surface area contributed by atoms with Crippen molar-refractivity contribution in [1.82, 2.24) is 10.0 Å². The van der Waals surface area contributed by atoms with Crippen LogP contribution in [0.1, 0.15) is 69.8 Å². The summed E-state index contributed by atoms with van der Waals surface area (Å²) < 4.78 is 28.5. The molecule has 146 valence electrons. The van der Waals surface area contributed by atoms with E-state index in [1.54, 1.807) is 24.3 Å². The van der Waals surface area contributed by atoms with Gasteiger partial charge < -0.3 is 10.4 Å². The van der Waals surface area contributed by atoms with Gasteiger partial charge in [0.05, 0.1) is 10.5 Å². The van der Waals surface area contributed by atoms with Crippen LogP contribution in [0.15, 0.2) is 29.2 Å². The fourth-order valence-electron chi connectivity index (χ4n) is 4.11. The molecule has 0 bridgehead atoms. The van der Waals surface area contributed by atoms with Crippen LogP contribution in [-0.4, -0.2) is 32.7 Å². The molecule has 5 nitrogen and oxygen atoms in total. The minimum Gasteiger partial charge on any atom is -0.385 e. The standard InChI is InChI=1S/C20H32N2O3S/c23-20(13-15-21-16-14-20)17-9-11-19(12-10-17)26(24,25)22-18-7-5-3-1-2-4-6-8-18/h9-12,18,21-23H,1-8,13-16H2. The second-order valence-corrected chi connectivity index (χ2v) is 9.54. The summed E-state index contributed by atoms with van der Waals surface area (Å²) in [5.41, 5.74) is -0.0425. The molecular formula is C20H32N2O3S. The minimum atomic E-state index is -3.51. The lowest BCUT2D eigenvalue weighted by molar-refractivity contribution is 0.00589. The SMILES string of the molecule is O=S(=O)(NC1CCCCCCCC1)c1ccc(C2(O)CCNCC2)cc1. The van der Waals surface area contributed by atoms with Gasteiger partial charge in [-0.15, -0.1) is 0 Å². The van der Waals surface area contributed by atoms with E-state index in [0.29, 0.717) is 17.7 Å². The zero-order valence-electron chi connectivity index (χ0n) is 15.5. The molecule has 1 aliphatic carbocycles. The number of benzene rings is 1. The summed E-state index contributed by atoms with van der Waals surface area (Å²) >= 11 is 0. The average molecular weight is 381 g/mol.